The van der Waals surface area contributed by atoms with E-state index in [1.165, 1.54) is 13.0 Å². The van der Waals surface area contributed by atoms with Gasteiger partial charge in [-0.05, 0) is 34.7 Å². The van der Waals surface area contributed by atoms with Crippen molar-refractivity contribution in [2.24, 2.45) is 0 Å². The number of esters is 1. The van der Waals surface area contributed by atoms with Crippen LogP contribution in [-0.4, -0.2) is 29.5 Å². The summed E-state index contributed by atoms with van der Waals surface area (Å²) in [6, 6.07) is 12.4. The topological polar surface area (TPSA) is 63.7 Å². The van der Waals surface area contributed by atoms with E-state index < -0.39 is 11.2 Å². The number of nitrogens with zero attached hydrogens (tertiary/aromatic N) is 1. The average molecular weight is 448 g/mol. The maximum Gasteiger partial charge on any atom is 0.308 e. The van der Waals surface area contributed by atoms with E-state index in [9.17, 15) is 14.4 Å². The summed E-state index contributed by atoms with van der Waals surface area (Å²) in [7, 11) is 0. The van der Waals surface area contributed by atoms with E-state index in [1.807, 2.05) is 24.3 Å². The van der Waals surface area contributed by atoms with Crippen molar-refractivity contribution in [3.8, 4) is 5.75 Å². The number of carbonyl (C=O) groups excluding carboxylic acids is 3. The van der Waals surface area contributed by atoms with Crippen LogP contribution in [-0.2, 0) is 4.79 Å². The number of carbonyl (C=O) groups is 3. The Balaban J connectivity index is 1.86. The molecule has 1 amide bonds. The van der Waals surface area contributed by atoms with Gasteiger partial charge in [0, 0.05) is 36.7 Å². The normalized spacial score (nSPS) is 15.4. The molecule has 5 nitrogen and oxygen atoms in total. The van der Waals surface area contributed by atoms with Crippen LogP contribution >= 0.6 is 34.5 Å². The van der Waals surface area contributed by atoms with Gasteiger partial charge in [-0.25, -0.2) is 0 Å². The third-order valence-corrected chi connectivity index (χ3v) is 6.58. The highest BCUT2D eigenvalue weighted by molar-refractivity contribution is 7.17. The van der Waals surface area contributed by atoms with Crippen LogP contribution in [0.25, 0.3) is 10.8 Å². The molecule has 1 atom stereocenters. The van der Waals surface area contributed by atoms with Crippen molar-refractivity contribution >= 4 is 68.1 Å². The Hall–Kier alpha value is -2.41. The Morgan fingerprint density at radius 1 is 1.14 bits per heavy atom. The lowest BCUT2D eigenvalue weighted by atomic mass is 9.95. The summed E-state index contributed by atoms with van der Waals surface area (Å²) in [5, 5.41) is 1.08. The van der Waals surface area contributed by atoms with Gasteiger partial charge in [-0.2, -0.15) is 0 Å². The third-order valence-electron chi connectivity index (χ3n) is 4.82. The van der Waals surface area contributed by atoms with Crippen LogP contribution in [0.1, 0.15) is 37.7 Å². The first-order valence-corrected chi connectivity index (χ1v) is 10.5. The summed E-state index contributed by atoms with van der Waals surface area (Å²) in [4.78, 5) is 38.5. The molecule has 0 saturated carbocycles. The number of rotatable bonds is 4. The number of amides is 1. The summed E-state index contributed by atoms with van der Waals surface area (Å²) in [5.74, 6) is -0.0343. The molecule has 4 rings (SSSR count). The van der Waals surface area contributed by atoms with E-state index in [-0.39, 0.29) is 11.8 Å². The lowest BCUT2D eigenvalue weighted by Gasteiger charge is -2.18. The van der Waals surface area contributed by atoms with Crippen molar-refractivity contribution in [1.29, 1.82) is 0 Å². The first kappa shape index (κ1) is 19.9. The molecular formula is C21H15Cl2NO4S. The van der Waals surface area contributed by atoms with Gasteiger partial charge in [-0.1, -0.05) is 24.3 Å². The number of alkyl halides is 1. The molecule has 2 aromatic carbocycles. The number of halogens is 2. The predicted molar refractivity (Wildman–Crippen MR) is 115 cm³/mol. The van der Waals surface area contributed by atoms with Gasteiger partial charge in [0.1, 0.15) is 5.75 Å². The number of ether oxygens (including phenoxy) is 1. The minimum absolute atomic E-state index is 0.0685. The van der Waals surface area contributed by atoms with Gasteiger partial charge >= 0.3 is 5.97 Å². The maximum absolute atomic E-state index is 13.2. The number of hydrogen-bond acceptors (Lipinski definition) is 5. The van der Waals surface area contributed by atoms with Crippen molar-refractivity contribution in [3.05, 3.63) is 57.8 Å². The van der Waals surface area contributed by atoms with Gasteiger partial charge in [0.05, 0.1) is 15.4 Å². The summed E-state index contributed by atoms with van der Waals surface area (Å²) >= 11 is 12.8. The molecular weight excluding hydrogens is 433 g/mol. The summed E-state index contributed by atoms with van der Waals surface area (Å²) in [6.07, 6.45) is 0. The van der Waals surface area contributed by atoms with E-state index in [1.54, 1.807) is 17.0 Å². The third kappa shape index (κ3) is 3.52. The monoisotopic (exact) mass is 447 g/mol. The fraction of sp³-hybridized carbons (Fsp3) is 0.190. The molecule has 0 spiro atoms. The van der Waals surface area contributed by atoms with Crippen molar-refractivity contribution in [3.63, 3.8) is 0 Å². The molecule has 0 fully saturated rings. The maximum atomic E-state index is 13.2. The average Bonchev–Trinajstić information content (AvgIpc) is 3.32. The van der Waals surface area contributed by atoms with Gasteiger partial charge in [-0.3, -0.25) is 14.4 Å². The number of fused-ring (bicyclic) bond motifs is 3. The van der Waals surface area contributed by atoms with Crippen LogP contribution in [0.4, 0.5) is 5.69 Å². The number of anilines is 1. The molecule has 0 radical (unpaired) electrons. The molecule has 0 aliphatic carbocycles. The minimum atomic E-state index is -0.599. The lowest BCUT2D eigenvalue weighted by molar-refractivity contribution is -0.131. The largest absolute Gasteiger partial charge is 0.426 e. The van der Waals surface area contributed by atoms with Gasteiger partial charge in [0.25, 0.3) is 11.1 Å². The Kier molecular flexibility index (Phi) is 5.34. The second-order valence-corrected chi connectivity index (χ2v) is 8.39. The Morgan fingerprint density at radius 2 is 1.83 bits per heavy atom. The standard InChI is InChI=1S/C21H15Cl2NO4S/c1-11(25)28-16-8-15-19(14-5-3-2-4-13(14)16)12(9-22)10-24(15)21(27)18-7-6-17(29-18)20(23)26/h2-8,12H,9-10H2,1H3. The zero-order valence-corrected chi connectivity index (χ0v) is 17.6. The van der Waals surface area contributed by atoms with Crippen LogP contribution in [0, 0.1) is 0 Å². The smallest absolute Gasteiger partial charge is 0.308 e. The molecule has 29 heavy (non-hydrogen) atoms. The van der Waals surface area contributed by atoms with Gasteiger partial charge < -0.3 is 9.64 Å². The van der Waals surface area contributed by atoms with E-state index in [2.05, 4.69) is 0 Å². The first-order valence-electron chi connectivity index (χ1n) is 8.82. The SMILES string of the molecule is CC(=O)Oc1cc2c(c3ccccc13)C(CCl)CN2C(=O)c1ccc(C(=O)Cl)s1. The molecule has 148 valence electrons. The molecule has 1 aliphatic heterocycles. The van der Waals surface area contributed by atoms with Crippen molar-refractivity contribution in [2.45, 2.75) is 12.8 Å². The van der Waals surface area contributed by atoms with Crippen LogP contribution < -0.4 is 9.64 Å². The number of thiophene rings is 1. The highest BCUT2D eigenvalue weighted by Crippen LogP contribution is 2.46. The first-order chi connectivity index (χ1) is 13.9. The van der Waals surface area contributed by atoms with E-state index in [4.69, 9.17) is 27.9 Å². The molecule has 1 aromatic heterocycles. The van der Waals surface area contributed by atoms with Gasteiger partial charge in [-0.15, -0.1) is 22.9 Å². The van der Waals surface area contributed by atoms with Gasteiger partial charge in [0.15, 0.2) is 0 Å². The summed E-state index contributed by atoms with van der Waals surface area (Å²) in [6.45, 7) is 1.73. The molecule has 8 heteroatoms. The van der Waals surface area contributed by atoms with Gasteiger partial charge in [0.2, 0.25) is 0 Å². The van der Waals surface area contributed by atoms with Crippen LogP contribution in [0.5, 0.6) is 5.75 Å². The molecule has 0 bridgehead atoms. The molecule has 2 heterocycles. The molecule has 1 unspecified atom stereocenters. The second-order valence-electron chi connectivity index (χ2n) is 6.65. The van der Waals surface area contributed by atoms with E-state index >= 15 is 0 Å². The predicted octanol–water partition coefficient (Wildman–Crippen LogP) is 5.19. The fourth-order valence-electron chi connectivity index (χ4n) is 3.66. The number of hydrogen-bond donors (Lipinski definition) is 0. The van der Waals surface area contributed by atoms with E-state index in [0.717, 1.165) is 27.7 Å². The fourth-order valence-corrected chi connectivity index (χ4v) is 4.88. The van der Waals surface area contributed by atoms with Crippen LogP contribution in [0.2, 0.25) is 0 Å². The Bertz CT molecular complexity index is 1160. The minimum Gasteiger partial charge on any atom is -0.426 e. The number of benzene rings is 2. The Morgan fingerprint density at radius 3 is 2.45 bits per heavy atom. The zero-order chi connectivity index (χ0) is 20.7. The van der Waals surface area contributed by atoms with Crippen molar-refractivity contribution in [1.82, 2.24) is 0 Å². The molecule has 1 aliphatic rings. The van der Waals surface area contributed by atoms with Crippen molar-refractivity contribution < 1.29 is 19.1 Å². The summed E-state index contributed by atoms with van der Waals surface area (Å²) < 4.78 is 5.42. The van der Waals surface area contributed by atoms with Crippen LogP contribution in [0.3, 0.4) is 0 Å². The van der Waals surface area contributed by atoms with E-state index in [0.29, 0.717) is 33.6 Å². The lowest BCUT2D eigenvalue weighted by Crippen LogP contribution is -2.29. The molecule has 3 aromatic rings. The second kappa shape index (κ2) is 7.78. The highest BCUT2D eigenvalue weighted by Gasteiger charge is 2.35. The zero-order valence-electron chi connectivity index (χ0n) is 15.3. The highest BCUT2D eigenvalue weighted by atomic mass is 35.5. The molecule has 0 N–H and O–H groups in total. The summed E-state index contributed by atoms with van der Waals surface area (Å²) in [5.41, 5.74) is 1.60. The van der Waals surface area contributed by atoms with Crippen LogP contribution in [0.15, 0.2) is 42.5 Å². The Labute approximate surface area is 180 Å². The van der Waals surface area contributed by atoms with Crippen molar-refractivity contribution in [2.75, 3.05) is 17.3 Å². The molecule has 0 saturated heterocycles. The quantitative estimate of drug-likeness (QED) is 0.239.